The van der Waals surface area contributed by atoms with E-state index in [9.17, 15) is 9.18 Å². The van der Waals surface area contributed by atoms with Crippen LogP contribution in [0.3, 0.4) is 0 Å². The standard InChI is InChI=1S/C21H16ClFO4/c1-26-17-7-13(9-21(24)25)8-18(12-17)27-16-4-2-3-14(10-16)19-6-5-15(22)11-20(19)23/h2-8,10-12H,9H2,1H3,(H,24,25). The molecule has 0 amide bonds. The van der Waals surface area contributed by atoms with Crippen molar-refractivity contribution in [3.05, 3.63) is 77.1 Å². The molecule has 0 saturated carbocycles. The molecule has 0 saturated heterocycles. The minimum absolute atomic E-state index is 0.149. The summed E-state index contributed by atoms with van der Waals surface area (Å²) in [6.07, 6.45) is -0.149. The first-order chi connectivity index (χ1) is 12.9. The molecule has 0 heterocycles. The van der Waals surface area contributed by atoms with Gasteiger partial charge in [-0.2, -0.15) is 0 Å². The SMILES string of the molecule is COc1cc(CC(=O)O)cc(Oc2cccc(-c3ccc(Cl)cc3F)c2)c1. The van der Waals surface area contributed by atoms with Crippen LogP contribution in [0.5, 0.6) is 17.2 Å². The van der Waals surface area contributed by atoms with Crippen LogP contribution in [0.4, 0.5) is 4.39 Å². The topological polar surface area (TPSA) is 55.8 Å². The van der Waals surface area contributed by atoms with Crippen molar-refractivity contribution in [1.82, 2.24) is 0 Å². The molecule has 6 heteroatoms. The van der Waals surface area contributed by atoms with Gasteiger partial charge in [-0.1, -0.05) is 23.7 Å². The molecule has 0 radical (unpaired) electrons. The molecule has 0 spiro atoms. The molecule has 3 aromatic carbocycles. The van der Waals surface area contributed by atoms with Gasteiger partial charge in [-0.15, -0.1) is 0 Å². The summed E-state index contributed by atoms with van der Waals surface area (Å²) in [4.78, 5) is 11.0. The van der Waals surface area contributed by atoms with E-state index in [-0.39, 0.29) is 6.42 Å². The Kier molecular flexibility index (Phi) is 5.62. The third-order valence-corrected chi connectivity index (χ3v) is 4.08. The van der Waals surface area contributed by atoms with Crippen LogP contribution in [-0.4, -0.2) is 18.2 Å². The number of halogens is 2. The van der Waals surface area contributed by atoms with Crippen LogP contribution in [0.25, 0.3) is 11.1 Å². The monoisotopic (exact) mass is 386 g/mol. The van der Waals surface area contributed by atoms with E-state index in [1.807, 2.05) is 0 Å². The molecular weight excluding hydrogens is 371 g/mol. The quantitative estimate of drug-likeness (QED) is 0.601. The van der Waals surface area contributed by atoms with E-state index < -0.39 is 11.8 Å². The molecule has 0 aliphatic rings. The lowest BCUT2D eigenvalue weighted by atomic mass is 10.0. The fraction of sp³-hybridized carbons (Fsp3) is 0.0952. The van der Waals surface area contributed by atoms with Gasteiger partial charge in [0.1, 0.15) is 23.1 Å². The van der Waals surface area contributed by atoms with Crippen LogP contribution in [0.2, 0.25) is 5.02 Å². The van der Waals surface area contributed by atoms with Gasteiger partial charge < -0.3 is 14.6 Å². The number of aliphatic carboxylic acids is 1. The highest BCUT2D eigenvalue weighted by Crippen LogP contribution is 2.32. The summed E-state index contributed by atoms with van der Waals surface area (Å²) in [5, 5.41) is 9.32. The highest BCUT2D eigenvalue weighted by Gasteiger charge is 2.10. The Bertz CT molecular complexity index is 988. The lowest BCUT2D eigenvalue weighted by Gasteiger charge is -2.11. The summed E-state index contributed by atoms with van der Waals surface area (Å²) in [5.74, 6) is 0.0264. The number of benzene rings is 3. The fourth-order valence-electron chi connectivity index (χ4n) is 2.67. The summed E-state index contributed by atoms with van der Waals surface area (Å²) in [5.41, 5.74) is 1.59. The molecule has 27 heavy (non-hydrogen) atoms. The van der Waals surface area contributed by atoms with Crippen molar-refractivity contribution in [3.8, 4) is 28.4 Å². The normalized spacial score (nSPS) is 10.5. The van der Waals surface area contributed by atoms with Crippen LogP contribution in [-0.2, 0) is 11.2 Å². The van der Waals surface area contributed by atoms with Gasteiger partial charge in [0, 0.05) is 16.7 Å². The minimum atomic E-state index is -0.950. The van der Waals surface area contributed by atoms with Crippen molar-refractivity contribution >= 4 is 17.6 Å². The average Bonchev–Trinajstić information content (AvgIpc) is 2.61. The zero-order chi connectivity index (χ0) is 19.4. The van der Waals surface area contributed by atoms with Gasteiger partial charge in [0.05, 0.1) is 13.5 Å². The highest BCUT2D eigenvalue weighted by atomic mass is 35.5. The summed E-state index contributed by atoms with van der Waals surface area (Å²) < 4.78 is 25.2. The third kappa shape index (κ3) is 4.77. The van der Waals surface area contributed by atoms with Crippen molar-refractivity contribution < 1.29 is 23.8 Å². The van der Waals surface area contributed by atoms with Crippen molar-refractivity contribution in [3.63, 3.8) is 0 Å². The summed E-state index contributed by atoms with van der Waals surface area (Å²) in [6.45, 7) is 0. The average molecular weight is 387 g/mol. The number of carboxylic acids is 1. The first kappa shape index (κ1) is 18.7. The zero-order valence-corrected chi connectivity index (χ0v) is 15.2. The second-order valence-electron chi connectivity index (χ2n) is 5.84. The fourth-order valence-corrected chi connectivity index (χ4v) is 2.83. The van der Waals surface area contributed by atoms with Crippen LogP contribution >= 0.6 is 11.6 Å². The summed E-state index contributed by atoms with van der Waals surface area (Å²) >= 11 is 5.80. The molecular formula is C21H16ClFO4. The maximum atomic E-state index is 14.2. The van der Waals surface area contributed by atoms with Gasteiger partial charge in [-0.3, -0.25) is 4.79 Å². The van der Waals surface area contributed by atoms with Gasteiger partial charge in [0.2, 0.25) is 0 Å². The molecule has 0 unspecified atom stereocenters. The van der Waals surface area contributed by atoms with E-state index in [4.69, 9.17) is 26.2 Å². The molecule has 4 nitrogen and oxygen atoms in total. The maximum Gasteiger partial charge on any atom is 0.307 e. The van der Waals surface area contributed by atoms with Gasteiger partial charge >= 0.3 is 5.97 Å². The highest BCUT2D eigenvalue weighted by molar-refractivity contribution is 6.30. The number of rotatable bonds is 6. The molecule has 0 bridgehead atoms. The van der Waals surface area contributed by atoms with Crippen molar-refractivity contribution in [2.75, 3.05) is 7.11 Å². The van der Waals surface area contributed by atoms with Crippen molar-refractivity contribution in [1.29, 1.82) is 0 Å². The zero-order valence-electron chi connectivity index (χ0n) is 14.4. The Morgan fingerprint density at radius 1 is 1.04 bits per heavy atom. The molecule has 1 N–H and O–H groups in total. The minimum Gasteiger partial charge on any atom is -0.497 e. The van der Waals surface area contributed by atoms with E-state index in [1.54, 1.807) is 54.6 Å². The Balaban J connectivity index is 1.91. The molecule has 0 fully saturated rings. The molecule has 138 valence electrons. The van der Waals surface area contributed by atoms with Crippen molar-refractivity contribution in [2.24, 2.45) is 0 Å². The van der Waals surface area contributed by atoms with E-state index in [2.05, 4.69) is 0 Å². The molecule has 0 aliphatic heterocycles. The largest absolute Gasteiger partial charge is 0.497 e. The number of hydrogen-bond donors (Lipinski definition) is 1. The summed E-state index contributed by atoms with van der Waals surface area (Å²) in [6, 6.07) is 16.3. The second kappa shape index (κ2) is 8.10. The molecule has 3 aromatic rings. The van der Waals surface area contributed by atoms with Gasteiger partial charge in [-0.05, 0) is 53.6 Å². The first-order valence-electron chi connectivity index (χ1n) is 8.07. The number of ether oxygens (including phenoxy) is 2. The lowest BCUT2D eigenvalue weighted by molar-refractivity contribution is -0.136. The van der Waals surface area contributed by atoms with E-state index in [1.165, 1.54) is 13.2 Å². The third-order valence-electron chi connectivity index (χ3n) is 3.84. The van der Waals surface area contributed by atoms with E-state index in [0.717, 1.165) is 0 Å². The van der Waals surface area contributed by atoms with Gasteiger partial charge in [0.25, 0.3) is 0 Å². The Morgan fingerprint density at radius 2 is 1.81 bits per heavy atom. The van der Waals surface area contributed by atoms with Gasteiger partial charge in [-0.25, -0.2) is 4.39 Å². The Hall–Kier alpha value is -3.05. The van der Waals surface area contributed by atoms with E-state index in [0.29, 0.717) is 39.0 Å². The second-order valence-corrected chi connectivity index (χ2v) is 6.28. The number of carbonyl (C=O) groups is 1. The summed E-state index contributed by atoms with van der Waals surface area (Å²) in [7, 11) is 1.49. The van der Waals surface area contributed by atoms with Gasteiger partial charge in [0.15, 0.2) is 0 Å². The molecule has 3 rings (SSSR count). The van der Waals surface area contributed by atoms with Crippen molar-refractivity contribution in [2.45, 2.75) is 6.42 Å². The van der Waals surface area contributed by atoms with Crippen LogP contribution < -0.4 is 9.47 Å². The predicted molar refractivity (Wildman–Crippen MR) is 101 cm³/mol. The predicted octanol–water partition coefficient (Wildman–Crippen LogP) is 5.57. The maximum absolute atomic E-state index is 14.2. The Morgan fingerprint density at radius 3 is 2.52 bits per heavy atom. The number of methoxy groups -OCH3 is 1. The smallest absolute Gasteiger partial charge is 0.307 e. The number of hydrogen-bond acceptors (Lipinski definition) is 3. The van der Waals surface area contributed by atoms with E-state index >= 15 is 0 Å². The Labute approximate surface area is 160 Å². The van der Waals surface area contributed by atoms with Crippen LogP contribution in [0, 0.1) is 5.82 Å². The number of carboxylic acid groups (broad SMARTS) is 1. The molecule has 0 aliphatic carbocycles. The van der Waals surface area contributed by atoms with Crippen LogP contribution in [0.1, 0.15) is 5.56 Å². The molecule has 0 aromatic heterocycles. The lowest BCUT2D eigenvalue weighted by Crippen LogP contribution is -2.00. The van der Waals surface area contributed by atoms with Crippen LogP contribution in [0.15, 0.2) is 60.7 Å². The first-order valence-corrected chi connectivity index (χ1v) is 8.45. The molecule has 0 atom stereocenters.